The first kappa shape index (κ1) is 14.8. The number of ether oxygens (including phenoxy) is 1. The van der Waals surface area contributed by atoms with Gasteiger partial charge in [-0.25, -0.2) is 4.79 Å². The second-order valence-electron chi connectivity index (χ2n) is 5.38. The summed E-state index contributed by atoms with van der Waals surface area (Å²) < 4.78 is 5.24. The first-order valence-corrected chi connectivity index (χ1v) is 7.53. The van der Waals surface area contributed by atoms with Gasteiger partial charge in [0.05, 0.1) is 16.1 Å². The number of hydrogen-bond donors (Lipinski definition) is 2. The molecule has 3 atom stereocenters. The van der Waals surface area contributed by atoms with Crippen LogP contribution in [0.15, 0.2) is 12.1 Å². The number of hydrogen-bond acceptors (Lipinski definition) is 4. The smallest absolute Gasteiger partial charge is 0.410 e. The zero-order valence-electron chi connectivity index (χ0n) is 11.1. The number of benzene rings is 1. The van der Waals surface area contributed by atoms with Crippen LogP contribution in [0.5, 0.6) is 5.75 Å². The maximum absolute atomic E-state index is 11.9. The fraction of sp³-hybridized carbons (Fsp3) is 0.500. The first-order chi connectivity index (χ1) is 10.0. The van der Waals surface area contributed by atoms with Crippen molar-refractivity contribution >= 4 is 29.3 Å². The summed E-state index contributed by atoms with van der Waals surface area (Å²) in [5.41, 5.74) is 0.578. The van der Waals surface area contributed by atoms with Gasteiger partial charge >= 0.3 is 6.09 Å². The van der Waals surface area contributed by atoms with Crippen LogP contribution < -0.4 is 0 Å². The van der Waals surface area contributed by atoms with Crippen LogP contribution >= 0.6 is 23.2 Å². The molecule has 3 rings (SSSR count). The maximum atomic E-state index is 11.9. The van der Waals surface area contributed by atoms with E-state index >= 15 is 0 Å². The van der Waals surface area contributed by atoms with Crippen molar-refractivity contribution in [3.63, 3.8) is 0 Å². The highest BCUT2D eigenvalue weighted by Gasteiger charge is 2.48. The van der Waals surface area contributed by atoms with Crippen LogP contribution in [0, 0.1) is 0 Å². The van der Waals surface area contributed by atoms with Crippen molar-refractivity contribution in [2.75, 3.05) is 13.2 Å². The van der Waals surface area contributed by atoms with Crippen LogP contribution in [0.2, 0.25) is 10.0 Å². The van der Waals surface area contributed by atoms with Crippen molar-refractivity contribution in [2.45, 2.75) is 30.9 Å². The molecule has 21 heavy (non-hydrogen) atoms. The van der Waals surface area contributed by atoms with Gasteiger partial charge in [0.1, 0.15) is 11.9 Å². The van der Waals surface area contributed by atoms with Crippen LogP contribution in [0.3, 0.4) is 0 Å². The molecule has 0 bridgehead atoms. The third-order valence-corrected chi connectivity index (χ3v) is 5.01. The minimum absolute atomic E-state index is 0.0316. The third-order valence-electron chi connectivity index (χ3n) is 4.19. The summed E-state index contributed by atoms with van der Waals surface area (Å²) >= 11 is 12.2. The number of carbonyl (C=O) groups is 1. The average molecular weight is 332 g/mol. The minimum atomic E-state index is -0.376. The van der Waals surface area contributed by atoms with E-state index in [1.807, 2.05) is 0 Å². The largest absolute Gasteiger partial charge is 0.508 e. The number of amides is 1. The number of fused-ring (bicyclic) bond motifs is 1. The second kappa shape index (κ2) is 5.55. The minimum Gasteiger partial charge on any atom is -0.508 e. The van der Waals surface area contributed by atoms with E-state index in [1.165, 1.54) is 6.07 Å². The molecule has 0 aliphatic carbocycles. The molecular formula is C14H15Cl2NO4. The van der Waals surface area contributed by atoms with Gasteiger partial charge in [-0.15, -0.1) is 0 Å². The molecule has 7 heteroatoms. The Kier molecular flexibility index (Phi) is 3.90. The second-order valence-corrected chi connectivity index (χ2v) is 6.17. The van der Waals surface area contributed by atoms with Gasteiger partial charge in [-0.1, -0.05) is 23.2 Å². The molecule has 0 spiro atoms. The summed E-state index contributed by atoms with van der Waals surface area (Å²) in [6.07, 6.45) is 0.352. The van der Waals surface area contributed by atoms with E-state index in [-0.39, 0.29) is 36.5 Å². The van der Waals surface area contributed by atoms with E-state index < -0.39 is 0 Å². The number of nitrogens with zero attached hydrogens (tertiary/aromatic N) is 1. The first-order valence-electron chi connectivity index (χ1n) is 6.78. The molecule has 2 N–H and O–H groups in total. The zero-order chi connectivity index (χ0) is 15.1. The van der Waals surface area contributed by atoms with Crippen molar-refractivity contribution in [3.05, 3.63) is 27.7 Å². The molecular weight excluding hydrogens is 317 g/mol. The van der Waals surface area contributed by atoms with E-state index in [4.69, 9.17) is 33.0 Å². The summed E-state index contributed by atoms with van der Waals surface area (Å²) in [4.78, 5) is 13.5. The summed E-state index contributed by atoms with van der Waals surface area (Å²) in [6, 6.07) is 2.96. The van der Waals surface area contributed by atoms with Crippen LogP contribution in [0.25, 0.3) is 0 Å². The van der Waals surface area contributed by atoms with E-state index in [1.54, 1.807) is 11.0 Å². The number of aliphatic hydroxyl groups excluding tert-OH is 1. The number of cyclic esters (lactones) is 1. The molecule has 0 aromatic heterocycles. The number of aliphatic hydroxyl groups is 1. The molecule has 0 unspecified atom stereocenters. The molecule has 114 valence electrons. The molecule has 2 fully saturated rings. The molecule has 1 aromatic carbocycles. The van der Waals surface area contributed by atoms with Crippen LogP contribution in [-0.2, 0) is 4.74 Å². The normalized spacial score (nSPS) is 27.9. The molecule has 2 aliphatic rings. The molecule has 5 nitrogen and oxygen atoms in total. The van der Waals surface area contributed by atoms with Gasteiger partial charge in [-0.3, -0.25) is 0 Å². The molecule has 1 aromatic rings. The fourth-order valence-electron chi connectivity index (χ4n) is 3.24. The van der Waals surface area contributed by atoms with Gasteiger partial charge in [-0.2, -0.15) is 0 Å². The quantitative estimate of drug-likeness (QED) is 0.893. The Morgan fingerprint density at radius 1 is 1.38 bits per heavy atom. The lowest BCUT2D eigenvalue weighted by Crippen LogP contribution is -2.30. The van der Waals surface area contributed by atoms with Crippen LogP contribution in [0.1, 0.15) is 24.3 Å². The molecule has 0 saturated carbocycles. The van der Waals surface area contributed by atoms with Gasteiger partial charge in [0, 0.05) is 31.1 Å². The predicted octanol–water partition coefficient (Wildman–Crippen LogP) is 2.76. The van der Waals surface area contributed by atoms with Gasteiger partial charge in [0.25, 0.3) is 0 Å². The summed E-state index contributed by atoms with van der Waals surface area (Å²) in [5, 5.41) is 19.8. The SMILES string of the molecule is O=C1O[C@@H](CCO)[C@@H]2C[C@H](c3c(O)ccc(Cl)c3Cl)CN12. The Balaban J connectivity index is 1.88. The van der Waals surface area contributed by atoms with E-state index in [0.717, 1.165) is 0 Å². The van der Waals surface area contributed by atoms with Crippen molar-refractivity contribution in [3.8, 4) is 5.75 Å². The highest BCUT2D eigenvalue weighted by Crippen LogP contribution is 2.45. The lowest BCUT2D eigenvalue weighted by Gasteiger charge is -2.17. The van der Waals surface area contributed by atoms with Crippen molar-refractivity contribution in [2.24, 2.45) is 0 Å². The molecule has 2 saturated heterocycles. The Bertz CT molecular complexity index is 580. The van der Waals surface area contributed by atoms with Crippen molar-refractivity contribution in [1.82, 2.24) is 4.90 Å². The summed E-state index contributed by atoms with van der Waals surface area (Å²) in [5.74, 6) is -0.00195. The molecule has 2 aliphatic heterocycles. The highest BCUT2D eigenvalue weighted by atomic mass is 35.5. The van der Waals surface area contributed by atoms with Crippen LogP contribution in [-0.4, -0.2) is 46.5 Å². The zero-order valence-corrected chi connectivity index (χ0v) is 12.6. The van der Waals surface area contributed by atoms with E-state index in [0.29, 0.717) is 35.0 Å². The maximum Gasteiger partial charge on any atom is 0.410 e. The Morgan fingerprint density at radius 3 is 2.86 bits per heavy atom. The third kappa shape index (κ3) is 2.43. The van der Waals surface area contributed by atoms with Crippen LogP contribution in [0.4, 0.5) is 4.79 Å². The number of rotatable bonds is 3. The van der Waals surface area contributed by atoms with Gasteiger partial charge in [0.2, 0.25) is 0 Å². The van der Waals surface area contributed by atoms with E-state index in [9.17, 15) is 9.90 Å². The fourth-order valence-corrected chi connectivity index (χ4v) is 3.72. The Morgan fingerprint density at radius 2 is 2.14 bits per heavy atom. The lowest BCUT2D eigenvalue weighted by atomic mass is 9.93. The highest BCUT2D eigenvalue weighted by molar-refractivity contribution is 6.42. The van der Waals surface area contributed by atoms with Gasteiger partial charge in [-0.05, 0) is 18.6 Å². The number of phenols is 1. The van der Waals surface area contributed by atoms with Gasteiger partial charge in [0.15, 0.2) is 0 Å². The van der Waals surface area contributed by atoms with E-state index in [2.05, 4.69) is 0 Å². The average Bonchev–Trinajstić information content (AvgIpc) is 2.98. The van der Waals surface area contributed by atoms with Gasteiger partial charge < -0.3 is 19.8 Å². The number of halogens is 2. The standard InChI is InChI=1S/C14H15Cl2NO4/c15-8-1-2-10(19)12(13(8)16)7-5-9-11(3-4-18)21-14(20)17(9)6-7/h1-2,7,9,11,18-19H,3-6H2/t7-,9-,11-/m0/s1. The molecule has 0 radical (unpaired) electrons. The van der Waals surface area contributed by atoms with Crippen molar-refractivity contribution in [1.29, 1.82) is 0 Å². The lowest BCUT2D eigenvalue weighted by molar-refractivity contribution is 0.107. The summed E-state index contributed by atoms with van der Waals surface area (Å²) in [7, 11) is 0. The summed E-state index contributed by atoms with van der Waals surface area (Å²) in [6.45, 7) is 0.398. The topological polar surface area (TPSA) is 70.0 Å². The predicted molar refractivity (Wildman–Crippen MR) is 78.0 cm³/mol. The Hall–Kier alpha value is -1.17. The number of phenolic OH excluding ortho intramolecular Hbond substituents is 1. The molecule has 2 heterocycles. The Labute approximate surface area is 132 Å². The number of carbonyl (C=O) groups excluding carboxylic acids is 1. The number of aromatic hydroxyl groups is 1. The van der Waals surface area contributed by atoms with Crippen molar-refractivity contribution < 1.29 is 19.7 Å². The monoisotopic (exact) mass is 331 g/mol. The molecule has 1 amide bonds.